The van der Waals surface area contributed by atoms with Crippen LogP contribution in [0.4, 0.5) is 6.01 Å². The molecule has 2 saturated carbocycles. The molecule has 0 radical (unpaired) electrons. The second-order valence-corrected chi connectivity index (χ2v) is 16.5. The molecule has 2 unspecified atom stereocenters. The summed E-state index contributed by atoms with van der Waals surface area (Å²) in [6, 6.07) is 6.84. The molecule has 2 aliphatic carbocycles. The molecule has 3 heterocycles. The molecule has 0 spiro atoms. The van der Waals surface area contributed by atoms with E-state index in [9.17, 15) is 24.0 Å². The molecular formula is C40H52ClN7O7. The average molecular weight is 778 g/mol. The fraction of sp³-hybridized carbons (Fsp3) is 0.575. The summed E-state index contributed by atoms with van der Waals surface area (Å²) in [6.07, 6.45) is 7.95. The van der Waals surface area contributed by atoms with E-state index in [0.29, 0.717) is 22.5 Å². The largest absolute Gasteiger partial charge is 0.472 e. The normalized spacial score (nSPS) is 20.6. The number of carbonyl (C=O) groups is 5. The van der Waals surface area contributed by atoms with Gasteiger partial charge in [-0.05, 0) is 61.6 Å². The predicted molar refractivity (Wildman–Crippen MR) is 206 cm³/mol. The molecule has 6 rings (SSSR count). The van der Waals surface area contributed by atoms with Crippen molar-refractivity contribution in [1.29, 1.82) is 0 Å². The summed E-state index contributed by atoms with van der Waals surface area (Å²) in [5, 5.41) is 12.2. The number of oxazole rings is 1. The number of fused-ring (bicyclic) bond motifs is 1. The highest BCUT2D eigenvalue weighted by molar-refractivity contribution is 6.38. The van der Waals surface area contributed by atoms with Crippen LogP contribution in [0.2, 0.25) is 5.02 Å². The Morgan fingerprint density at radius 1 is 1.00 bits per heavy atom. The highest BCUT2D eigenvalue weighted by Gasteiger charge is 2.47. The zero-order valence-electron chi connectivity index (χ0n) is 31.9. The minimum absolute atomic E-state index is 0.00540. The third-order valence-electron chi connectivity index (χ3n) is 10.6. The first kappa shape index (κ1) is 40.0. The van der Waals surface area contributed by atoms with Crippen molar-refractivity contribution in [2.75, 3.05) is 11.9 Å². The summed E-state index contributed by atoms with van der Waals surface area (Å²) < 4.78 is 12.1. The van der Waals surface area contributed by atoms with Crippen molar-refractivity contribution < 1.29 is 33.1 Å². The fourth-order valence-corrected chi connectivity index (χ4v) is 7.54. The number of nitrogens with zero attached hydrogens (tertiary/aromatic N) is 3. The monoisotopic (exact) mass is 777 g/mol. The Bertz CT molecular complexity index is 1820. The van der Waals surface area contributed by atoms with Crippen LogP contribution < -0.4 is 26.0 Å². The molecule has 3 aliphatic rings. The molecule has 1 aliphatic heterocycles. The summed E-state index contributed by atoms with van der Waals surface area (Å²) in [5.74, 6) is -2.67. The number of benzene rings is 1. The Balaban J connectivity index is 1.25. The van der Waals surface area contributed by atoms with Gasteiger partial charge in [0.25, 0.3) is 11.9 Å². The number of anilines is 1. The van der Waals surface area contributed by atoms with Gasteiger partial charge in [0.05, 0.1) is 17.6 Å². The Kier molecular flexibility index (Phi) is 12.6. The second kappa shape index (κ2) is 17.4. The molecule has 4 amide bonds. The van der Waals surface area contributed by atoms with Crippen molar-refractivity contribution in [1.82, 2.24) is 30.8 Å². The lowest BCUT2D eigenvalue weighted by Gasteiger charge is -2.37. The van der Waals surface area contributed by atoms with Gasteiger partial charge in [0, 0.05) is 24.7 Å². The van der Waals surface area contributed by atoms with Crippen molar-refractivity contribution in [3.8, 4) is 5.88 Å². The fourth-order valence-electron chi connectivity index (χ4n) is 7.42. The van der Waals surface area contributed by atoms with E-state index >= 15 is 0 Å². The van der Waals surface area contributed by atoms with Crippen LogP contribution in [0.1, 0.15) is 91.9 Å². The number of halogens is 1. The number of amides is 4. The molecule has 5 atom stereocenters. The Labute approximate surface area is 326 Å². The number of aromatic nitrogens is 2. The van der Waals surface area contributed by atoms with Gasteiger partial charge in [-0.2, -0.15) is 4.98 Å². The number of ether oxygens (including phenoxy) is 1. The van der Waals surface area contributed by atoms with Gasteiger partial charge in [-0.25, -0.2) is 4.98 Å². The molecule has 0 bridgehead atoms. The zero-order valence-corrected chi connectivity index (χ0v) is 32.7. The quantitative estimate of drug-likeness (QED) is 0.154. The SMILES string of the molecule is CCC[C@@H](NC(=O)C1C[C@@H](Oc2ccc(Cl)cn2)CN1C(=O)C(NC(=O)[C@@H](Nc1nc2ccccc2o1)C1CCCCC1)C(C)(C)C)C(=O)C(=O)NC1CC1. The van der Waals surface area contributed by atoms with Gasteiger partial charge >= 0.3 is 0 Å². The summed E-state index contributed by atoms with van der Waals surface area (Å²) >= 11 is 6.04. The predicted octanol–water partition coefficient (Wildman–Crippen LogP) is 4.95. The van der Waals surface area contributed by atoms with Crippen molar-refractivity contribution >= 4 is 58.1 Å². The van der Waals surface area contributed by atoms with Crippen LogP contribution in [0.25, 0.3) is 11.1 Å². The number of pyridine rings is 1. The highest BCUT2D eigenvalue weighted by atomic mass is 35.5. The molecule has 55 heavy (non-hydrogen) atoms. The van der Waals surface area contributed by atoms with E-state index in [4.69, 9.17) is 20.8 Å². The molecule has 2 aromatic heterocycles. The third-order valence-corrected chi connectivity index (χ3v) is 10.8. The Morgan fingerprint density at radius 3 is 2.40 bits per heavy atom. The van der Waals surface area contributed by atoms with Crippen molar-refractivity contribution in [2.45, 2.75) is 128 Å². The van der Waals surface area contributed by atoms with Gasteiger partial charge in [0.1, 0.15) is 29.7 Å². The molecular weight excluding hydrogens is 726 g/mol. The summed E-state index contributed by atoms with van der Waals surface area (Å²) in [4.78, 5) is 79.5. The van der Waals surface area contributed by atoms with E-state index in [1.54, 1.807) is 12.1 Å². The number of carbonyl (C=O) groups excluding carboxylic acids is 5. The van der Waals surface area contributed by atoms with E-state index in [1.807, 2.05) is 52.0 Å². The maximum absolute atomic E-state index is 14.8. The van der Waals surface area contributed by atoms with Crippen LogP contribution >= 0.6 is 11.6 Å². The van der Waals surface area contributed by atoms with Crippen molar-refractivity contribution in [2.24, 2.45) is 11.3 Å². The van der Waals surface area contributed by atoms with Crippen LogP contribution in [-0.2, 0) is 24.0 Å². The number of ketones is 1. The van der Waals surface area contributed by atoms with Gasteiger partial charge < -0.3 is 35.3 Å². The first-order valence-electron chi connectivity index (χ1n) is 19.5. The lowest BCUT2D eigenvalue weighted by atomic mass is 9.82. The van der Waals surface area contributed by atoms with E-state index in [2.05, 4.69) is 31.2 Å². The van der Waals surface area contributed by atoms with Crippen LogP contribution in [-0.4, -0.2) is 87.1 Å². The van der Waals surface area contributed by atoms with Crippen molar-refractivity contribution in [3.63, 3.8) is 0 Å². The van der Waals surface area contributed by atoms with Crippen LogP contribution in [0.5, 0.6) is 5.88 Å². The van der Waals surface area contributed by atoms with Gasteiger partial charge in [0.2, 0.25) is 29.4 Å². The lowest BCUT2D eigenvalue weighted by molar-refractivity contribution is -0.145. The molecule has 14 nitrogen and oxygen atoms in total. The molecule has 15 heteroatoms. The molecule has 1 saturated heterocycles. The van der Waals surface area contributed by atoms with E-state index in [0.717, 1.165) is 44.9 Å². The van der Waals surface area contributed by atoms with Gasteiger partial charge in [0.15, 0.2) is 5.58 Å². The lowest BCUT2D eigenvalue weighted by Crippen LogP contribution is -2.61. The van der Waals surface area contributed by atoms with Gasteiger partial charge in [-0.1, -0.05) is 77.1 Å². The number of likely N-dealkylation sites (tertiary alicyclic amines) is 1. The van der Waals surface area contributed by atoms with Crippen LogP contribution in [0.3, 0.4) is 0 Å². The summed E-state index contributed by atoms with van der Waals surface area (Å²) in [7, 11) is 0. The van der Waals surface area contributed by atoms with E-state index in [-0.39, 0.29) is 49.1 Å². The first-order chi connectivity index (χ1) is 26.3. The molecule has 1 aromatic carbocycles. The minimum atomic E-state index is -1.07. The summed E-state index contributed by atoms with van der Waals surface area (Å²) in [5.41, 5.74) is 0.456. The number of para-hydroxylation sites is 2. The molecule has 3 aromatic rings. The summed E-state index contributed by atoms with van der Waals surface area (Å²) in [6.45, 7) is 7.42. The van der Waals surface area contributed by atoms with Crippen molar-refractivity contribution in [3.05, 3.63) is 47.6 Å². The minimum Gasteiger partial charge on any atom is -0.472 e. The Morgan fingerprint density at radius 2 is 1.75 bits per heavy atom. The van der Waals surface area contributed by atoms with E-state index in [1.165, 1.54) is 11.1 Å². The number of hydrogen-bond donors (Lipinski definition) is 4. The molecule has 296 valence electrons. The number of rotatable bonds is 15. The number of Topliss-reactive ketones (excluding diaryl/α,β-unsaturated/α-hetero) is 1. The maximum atomic E-state index is 14.8. The average Bonchev–Trinajstić information content (AvgIpc) is 3.72. The van der Waals surface area contributed by atoms with Crippen LogP contribution in [0, 0.1) is 11.3 Å². The maximum Gasteiger partial charge on any atom is 0.296 e. The van der Waals surface area contributed by atoms with Gasteiger partial charge in [-0.15, -0.1) is 0 Å². The molecule has 4 N–H and O–H groups in total. The Hall–Kier alpha value is -4.72. The smallest absolute Gasteiger partial charge is 0.296 e. The van der Waals surface area contributed by atoms with E-state index < -0.39 is 59.2 Å². The number of hydrogen-bond acceptors (Lipinski definition) is 10. The molecule has 3 fully saturated rings. The number of nitrogens with one attached hydrogen (secondary N) is 4. The topological polar surface area (TPSA) is 185 Å². The standard InChI is InChI=1S/C40H52ClN7O7/c1-5-11-28(33(49)37(52)43-25-17-18-25)44-35(50)29-20-26(54-31-19-16-24(41)21-42-31)22-48(29)38(53)34(40(2,3)4)47-36(51)32(23-12-7-6-8-13-23)46-39-45-27-14-9-10-15-30(27)55-39/h9-10,14-16,19,21,23,25-26,28-29,32,34H,5-8,11-13,17-18,20,22H2,1-4H3,(H,43,52)(H,44,50)(H,45,46)(H,47,51)/t26-,28-,29?,32+,34?/m1/s1. The first-order valence-corrected chi connectivity index (χ1v) is 19.8. The highest BCUT2D eigenvalue weighted by Crippen LogP contribution is 2.32. The van der Waals surface area contributed by atoms with Crippen LogP contribution in [0.15, 0.2) is 47.0 Å². The zero-order chi connectivity index (χ0) is 39.3. The third kappa shape index (κ3) is 10.1. The van der Waals surface area contributed by atoms with Gasteiger partial charge in [-0.3, -0.25) is 24.0 Å². The second-order valence-electron chi connectivity index (χ2n) is 16.1.